The molecule has 0 unspecified atom stereocenters. The standard InChI is InChI=1S/C24H19Br.C18H15Br.C6H4Br2/c1-16-14-22(20-12-7-9-18-8-3-4-10-19(18)20)17(2)23(15-16)21-11-5-6-13-24(21)25;1-12-10-17(13(2)18(19)11-12)16-9-5-7-14-6-3-4-8-15(14)16;7-5-3-1-2-4-6(5)8/h3-15H,1-2H3;3-11H,1-2H3;1-4H. The average molecular weight is 934 g/mol. The van der Waals surface area contributed by atoms with E-state index in [1.807, 2.05) is 24.3 Å². The second-order valence-corrected chi connectivity index (χ2v) is 16.3. The van der Waals surface area contributed by atoms with E-state index >= 15 is 0 Å². The molecule has 0 aliphatic heterocycles. The minimum atomic E-state index is 1.10. The van der Waals surface area contributed by atoms with Crippen molar-refractivity contribution in [3.05, 3.63) is 198 Å². The van der Waals surface area contributed by atoms with Crippen molar-refractivity contribution in [3.8, 4) is 33.4 Å². The zero-order valence-corrected chi connectivity index (χ0v) is 35.9. The van der Waals surface area contributed by atoms with Crippen LogP contribution in [0.5, 0.6) is 0 Å². The number of benzene rings is 8. The van der Waals surface area contributed by atoms with Crippen LogP contribution in [0.15, 0.2) is 176 Å². The van der Waals surface area contributed by atoms with Crippen LogP contribution in [0.2, 0.25) is 0 Å². The Hall–Kier alpha value is -3.80. The van der Waals surface area contributed by atoms with Crippen LogP contribution in [-0.2, 0) is 0 Å². The van der Waals surface area contributed by atoms with Gasteiger partial charge in [0.2, 0.25) is 0 Å². The van der Waals surface area contributed by atoms with Crippen LogP contribution in [0.25, 0.3) is 54.9 Å². The van der Waals surface area contributed by atoms with Crippen LogP contribution in [0, 0.1) is 27.7 Å². The molecule has 0 aliphatic rings. The second-order valence-electron chi connectivity index (χ2n) is 12.9. The lowest BCUT2D eigenvalue weighted by Crippen LogP contribution is -1.92. The Morgan fingerprint density at radius 2 is 0.654 bits per heavy atom. The Morgan fingerprint density at radius 1 is 0.288 bits per heavy atom. The first-order chi connectivity index (χ1) is 25.1. The van der Waals surface area contributed by atoms with E-state index in [9.17, 15) is 0 Å². The summed E-state index contributed by atoms with van der Waals surface area (Å²) >= 11 is 14.1. The van der Waals surface area contributed by atoms with Gasteiger partial charge in [0.05, 0.1) is 0 Å². The second kappa shape index (κ2) is 17.4. The van der Waals surface area contributed by atoms with E-state index in [4.69, 9.17) is 0 Å². The van der Waals surface area contributed by atoms with Gasteiger partial charge in [-0.15, -0.1) is 0 Å². The Kier molecular flexibility index (Phi) is 12.7. The van der Waals surface area contributed by atoms with Crippen molar-refractivity contribution in [3.63, 3.8) is 0 Å². The highest BCUT2D eigenvalue weighted by Gasteiger charge is 2.14. The molecule has 0 atom stereocenters. The van der Waals surface area contributed by atoms with E-state index in [2.05, 4.69) is 225 Å². The minimum absolute atomic E-state index is 1.10. The zero-order chi connectivity index (χ0) is 36.8. The van der Waals surface area contributed by atoms with Crippen LogP contribution in [0.3, 0.4) is 0 Å². The number of halogens is 4. The largest absolute Gasteiger partial charge is 0.0616 e. The highest BCUT2D eigenvalue weighted by atomic mass is 79.9. The van der Waals surface area contributed by atoms with Gasteiger partial charge >= 0.3 is 0 Å². The molecule has 0 radical (unpaired) electrons. The Bertz CT molecular complexity index is 2480. The van der Waals surface area contributed by atoms with Crippen LogP contribution < -0.4 is 0 Å². The van der Waals surface area contributed by atoms with Gasteiger partial charge in [-0.25, -0.2) is 0 Å². The quantitative estimate of drug-likeness (QED) is 0.166. The van der Waals surface area contributed by atoms with Gasteiger partial charge in [0, 0.05) is 17.9 Å². The molecule has 0 N–H and O–H groups in total. The molecule has 0 fully saturated rings. The van der Waals surface area contributed by atoms with E-state index in [0.29, 0.717) is 0 Å². The minimum Gasteiger partial charge on any atom is -0.0616 e. The summed E-state index contributed by atoms with van der Waals surface area (Å²) in [6.07, 6.45) is 0. The molecule has 0 nitrogen and oxygen atoms in total. The predicted molar refractivity (Wildman–Crippen MR) is 240 cm³/mol. The smallest absolute Gasteiger partial charge is 0.0317 e. The summed E-state index contributed by atoms with van der Waals surface area (Å²) in [6, 6.07) is 55.6. The molecular formula is C48H38Br4. The molecule has 258 valence electrons. The van der Waals surface area contributed by atoms with Crippen molar-refractivity contribution in [2.45, 2.75) is 27.7 Å². The van der Waals surface area contributed by atoms with E-state index in [1.54, 1.807) is 0 Å². The number of fused-ring (bicyclic) bond motifs is 2. The first kappa shape index (κ1) is 37.9. The first-order valence-electron chi connectivity index (χ1n) is 17.1. The molecule has 0 saturated carbocycles. The number of rotatable bonds is 3. The van der Waals surface area contributed by atoms with Gasteiger partial charge in [0.15, 0.2) is 0 Å². The maximum absolute atomic E-state index is 3.71. The van der Waals surface area contributed by atoms with Gasteiger partial charge < -0.3 is 0 Å². The first-order valence-corrected chi connectivity index (χ1v) is 20.3. The van der Waals surface area contributed by atoms with Crippen molar-refractivity contribution < 1.29 is 0 Å². The number of hydrogen-bond acceptors (Lipinski definition) is 0. The lowest BCUT2D eigenvalue weighted by atomic mass is 9.89. The van der Waals surface area contributed by atoms with Gasteiger partial charge in [-0.05, 0) is 161 Å². The number of aryl methyl sites for hydroxylation is 2. The van der Waals surface area contributed by atoms with Gasteiger partial charge in [0.1, 0.15) is 0 Å². The summed E-state index contributed by atoms with van der Waals surface area (Å²) < 4.78 is 4.50. The van der Waals surface area contributed by atoms with E-state index < -0.39 is 0 Å². The van der Waals surface area contributed by atoms with E-state index in [0.717, 1.165) is 13.4 Å². The summed E-state index contributed by atoms with van der Waals surface area (Å²) in [6.45, 7) is 8.71. The summed E-state index contributed by atoms with van der Waals surface area (Å²) in [5.74, 6) is 0. The molecule has 0 saturated heterocycles. The molecule has 4 heteroatoms. The summed E-state index contributed by atoms with van der Waals surface area (Å²) in [4.78, 5) is 0. The normalized spacial score (nSPS) is 10.7. The zero-order valence-electron chi connectivity index (χ0n) is 29.5. The molecule has 0 aliphatic carbocycles. The van der Waals surface area contributed by atoms with Crippen molar-refractivity contribution in [1.29, 1.82) is 0 Å². The molecular weight excluding hydrogens is 896 g/mol. The molecule has 0 amide bonds. The van der Waals surface area contributed by atoms with Crippen LogP contribution in [-0.4, -0.2) is 0 Å². The van der Waals surface area contributed by atoms with Crippen LogP contribution in [0.4, 0.5) is 0 Å². The molecule has 0 spiro atoms. The fourth-order valence-electron chi connectivity index (χ4n) is 6.55. The van der Waals surface area contributed by atoms with Crippen LogP contribution in [0.1, 0.15) is 22.3 Å². The maximum Gasteiger partial charge on any atom is 0.0317 e. The highest BCUT2D eigenvalue weighted by molar-refractivity contribution is 9.13. The lowest BCUT2D eigenvalue weighted by molar-refractivity contribution is 1.37. The van der Waals surface area contributed by atoms with E-state index in [-0.39, 0.29) is 0 Å². The predicted octanol–water partition coefficient (Wildman–Crippen LogP) is 16.7. The van der Waals surface area contributed by atoms with E-state index in [1.165, 1.54) is 81.7 Å². The third-order valence-electron chi connectivity index (χ3n) is 9.19. The summed E-state index contributed by atoms with van der Waals surface area (Å²) in [5, 5.41) is 5.18. The topological polar surface area (TPSA) is 0 Å². The van der Waals surface area contributed by atoms with Gasteiger partial charge in [-0.3, -0.25) is 0 Å². The van der Waals surface area contributed by atoms with Gasteiger partial charge in [-0.1, -0.05) is 165 Å². The average Bonchev–Trinajstić information content (AvgIpc) is 3.15. The fraction of sp³-hybridized carbons (Fsp3) is 0.0833. The Labute approximate surface area is 341 Å². The molecule has 8 aromatic carbocycles. The molecule has 52 heavy (non-hydrogen) atoms. The van der Waals surface area contributed by atoms with Gasteiger partial charge in [0.25, 0.3) is 0 Å². The molecule has 8 rings (SSSR count). The summed E-state index contributed by atoms with van der Waals surface area (Å²) in [5.41, 5.74) is 12.9. The monoisotopic (exact) mass is 930 g/mol. The Morgan fingerprint density at radius 3 is 1.15 bits per heavy atom. The molecule has 0 heterocycles. The van der Waals surface area contributed by atoms with Crippen molar-refractivity contribution in [2.75, 3.05) is 0 Å². The van der Waals surface area contributed by atoms with Crippen molar-refractivity contribution in [2.24, 2.45) is 0 Å². The Balaban J connectivity index is 0.000000151. The summed E-state index contributed by atoms with van der Waals surface area (Å²) in [7, 11) is 0. The molecule has 0 bridgehead atoms. The maximum atomic E-state index is 3.71. The van der Waals surface area contributed by atoms with Gasteiger partial charge in [-0.2, -0.15) is 0 Å². The SMILES string of the molecule is Brc1ccccc1Br.Cc1cc(-c2ccccc2Br)c(C)c(-c2cccc3ccccc23)c1.Cc1cc(Br)c(C)c(-c2cccc3ccccc23)c1. The lowest BCUT2D eigenvalue weighted by Gasteiger charge is -2.16. The highest BCUT2D eigenvalue weighted by Crippen LogP contribution is 2.39. The van der Waals surface area contributed by atoms with Crippen molar-refractivity contribution in [1.82, 2.24) is 0 Å². The molecule has 8 aromatic rings. The van der Waals surface area contributed by atoms with Crippen LogP contribution >= 0.6 is 63.7 Å². The van der Waals surface area contributed by atoms with Crippen molar-refractivity contribution >= 4 is 85.3 Å². The number of hydrogen-bond donors (Lipinski definition) is 0. The fourth-order valence-corrected chi connectivity index (χ4v) is 8.19. The molecule has 0 aromatic heterocycles. The third-order valence-corrected chi connectivity index (χ3v) is 12.6. The third kappa shape index (κ3) is 8.69.